The van der Waals surface area contributed by atoms with Gasteiger partial charge in [0.05, 0.1) is 0 Å². The second-order valence-electron chi connectivity index (χ2n) is 8.73. The van der Waals surface area contributed by atoms with Crippen LogP contribution in [-0.2, 0) is 19.2 Å². The maximum Gasteiger partial charge on any atom is 2.00 e. The minimum atomic E-state index is -1.57. The summed E-state index contributed by atoms with van der Waals surface area (Å²) in [5.74, 6) is -2.98. The van der Waals surface area contributed by atoms with Gasteiger partial charge in [0.1, 0.15) is 0 Å². The minimum absolute atomic E-state index is 0. The molecule has 0 atom stereocenters. The van der Waals surface area contributed by atoms with E-state index in [9.17, 15) is 29.4 Å². The quantitative estimate of drug-likeness (QED) is 0.0773. The van der Waals surface area contributed by atoms with Crippen LogP contribution in [0.5, 0.6) is 0 Å². The van der Waals surface area contributed by atoms with Gasteiger partial charge in [0.15, 0.2) is 12.6 Å². The van der Waals surface area contributed by atoms with Gasteiger partial charge in [-0.25, -0.2) is 0 Å². The summed E-state index contributed by atoms with van der Waals surface area (Å²) in [5.41, 5.74) is -1.84. The normalized spacial score (nSPS) is 11.2. The number of amides is 2. The van der Waals surface area contributed by atoms with Gasteiger partial charge in [-0.3, -0.25) is 9.59 Å². The number of hydrogen-bond donors (Lipinski definition) is 6. The maximum absolute atomic E-state index is 11.3. The number of carboxylic acids is 2. The summed E-state index contributed by atoms with van der Waals surface area (Å²) < 4.78 is 0. The average Bonchev–Trinajstić information content (AvgIpc) is 2.61. The van der Waals surface area contributed by atoms with Crippen molar-refractivity contribution in [3.05, 3.63) is 0 Å². The molecule has 0 saturated carbocycles. The van der Waals surface area contributed by atoms with Crippen molar-refractivity contribution in [2.75, 3.05) is 13.1 Å². The van der Waals surface area contributed by atoms with Gasteiger partial charge in [-0.05, 0) is 25.7 Å². The number of nitrogens with one attached hydrogen (secondary N) is 2. The van der Waals surface area contributed by atoms with Crippen LogP contribution in [-0.4, -0.2) is 108 Å². The van der Waals surface area contributed by atoms with Gasteiger partial charge in [0, 0.05) is 48.7 Å². The summed E-state index contributed by atoms with van der Waals surface area (Å²) in [6.45, 7) is 6.70. The van der Waals surface area contributed by atoms with E-state index in [-0.39, 0.29) is 88.3 Å². The average molecular weight is 505 g/mol. The Morgan fingerprint density at radius 2 is 0.970 bits per heavy atom. The van der Waals surface area contributed by atoms with Crippen molar-refractivity contribution in [3.63, 3.8) is 0 Å². The zero-order valence-electron chi connectivity index (χ0n) is 19.8. The minimum Gasteiger partial charge on any atom is -0.550 e. The van der Waals surface area contributed by atoms with Crippen molar-refractivity contribution in [3.8, 4) is 0 Å². The molecule has 0 spiro atoms. The van der Waals surface area contributed by atoms with Crippen LogP contribution >= 0.6 is 0 Å². The molecule has 0 aromatic heterocycles. The van der Waals surface area contributed by atoms with E-state index in [0.29, 0.717) is 12.8 Å². The van der Waals surface area contributed by atoms with Crippen LogP contribution < -0.4 is 20.8 Å². The smallest absolute Gasteiger partial charge is 0.550 e. The number of carboxylic acid groups (broad SMARTS) is 2. The van der Waals surface area contributed by atoms with Crippen molar-refractivity contribution in [2.24, 2.45) is 10.8 Å². The summed E-state index contributed by atoms with van der Waals surface area (Å²) in [7, 11) is 0. The predicted molar refractivity (Wildman–Crippen MR) is 114 cm³/mol. The van der Waals surface area contributed by atoms with Crippen LogP contribution in [0.25, 0.3) is 0 Å². The Kier molecular flexibility index (Phi) is 20.3. The second-order valence-corrected chi connectivity index (χ2v) is 8.73. The summed E-state index contributed by atoms with van der Waals surface area (Å²) in [6.07, 6.45) is -2.81. The zero-order chi connectivity index (χ0) is 25.5. The Bertz CT molecular complexity index is 558. The fourth-order valence-electron chi connectivity index (χ4n) is 2.06. The van der Waals surface area contributed by atoms with Gasteiger partial charge < -0.3 is 50.9 Å². The molecule has 0 aliphatic carbocycles. The molecule has 188 valence electrons. The molecule has 13 heteroatoms. The fraction of sp³-hybridized carbons (Fsp3) is 0.800. The first-order valence-corrected chi connectivity index (χ1v) is 10.2. The molecule has 33 heavy (non-hydrogen) atoms. The van der Waals surface area contributed by atoms with Crippen molar-refractivity contribution in [2.45, 2.75) is 78.8 Å². The molecule has 0 aliphatic rings. The number of aliphatic carboxylic acids is 2. The van der Waals surface area contributed by atoms with Crippen LogP contribution in [0, 0.1) is 10.8 Å². The van der Waals surface area contributed by atoms with Crippen LogP contribution in [0.15, 0.2) is 0 Å². The first-order chi connectivity index (χ1) is 14.5. The Labute approximate surface area is 223 Å². The Morgan fingerprint density at radius 3 is 1.18 bits per heavy atom. The van der Waals surface area contributed by atoms with Gasteiger partial charge in [-0.1, -0.05) is 27.7 Å². The first kappa shape index (κ1) is 36.5. The Balaban J connectivity index is -0.000000529. The van der Waals surface area contributed by atoms with Gasteiger partial charge in [0.25, 0.3) is 0 Å². The molecule has 0 rings (SSSR count). The molecule has 6 N–H and O–H groups in total. The number of aliphatic hydroxyl groups excluding tert-OH is 2. The summed E-state index contributed by atoms with van der Waals surface area (Å²) in [4.78, 5) is 42.8. The van der Waals surface area contributed by atoms with E-state index in [1.165, 1.54) is 0 Å². The van der Waals surface area contributed by atoms with E-state index in [0.717, 1.165) is 0 Å². The van der Waals surface area contributed by atoms with Crippen molar-refractivity contribution in [1.82, 2.24) is 10.6 Å². The predicted octanol–water partition coefficient (Wildman–Crippen LogP) is -3.66. The van der Waals surface area contributed by atoms with E-state index in [4.69, 9.17) is 20.4 Å². The molecule has 0 heterocycles. The third-order valence-corrected chi connectivity index (χ3v) is 4.39. The SMILES string of the molecule is CC(C)(CC(=O)NCCCC(=O)[O-])C(O)O.CC(C)(CC(=O)NCCCC(=O)[O-])C(O)O.[Ca+2]. The number of aliphatic hydroxyl groups is 4. The number of carbonyl (C=O) groups excluding carboxylic acids is 4. The van der Waals surface area contributed by atoms with Gasteiger partial charge >= 0.3 is 37.7 Å². The molecule has 0 bridgehead atoms. The second kappa shape index (κ2) is 18.3. The van der Waals surface area contributed by atoms with E-state index in [1.54, 1.807) is 27.7 Å². The largest absolute Gasteiger partial charge is 2.00 e. The van der Waals surface area contributed by atoms with Crippen LogP contribution in [0.3, 0.4) is 0 Å². The maximum atomic E-state index is 11.3. The first-order valence-electron chi connectivity index (χ1n) is 10.2. The summed E-state index contributed by atoms with van der Waals surface area (Å²) in [6, 6.07) is 0. The van der Waals surface area contributed by atoms with Gasteiger partial charge in [-0.2, -0.15) is 0 Å². The monoisotopic (exact) mass is 504 g/mol. The van der Waals surface area contributed by atoms with E-state index in [2.05, 4.69) is 10.6 Å². The molecule has 0 aliphatic heterocycles. The van der Waals surface area contributed by atoms with Crippen molar-refractivity contribution >= 4 is 61.5 Å². The topological polar surface area (TPSA) is 219 Å². The number of rotatable bonds is 14. The van der Waals surface area contributed by atoms with Gasteiger partial charge in [0.2, 0.25) is 11.8 Å². The van der Waals surface area contributed by atoms with E-state index < -0.39 is 35.3 Å². The molecule has 12 nitrogen and oxygen atoms in total. The van der Waals surface area contributed by atoms with E-state index in [1.807, 2.05) is 0 Å². The van der Waals surface area contributed by atoms with Crippen LogP contribution in [0.2, 0.25) is 0 Å². The van der Waals surface area contributed by atoms with Crippen molar-refractivity contribution in [1.29, 1.82) is 0 Å². The molecule has 0 aromatic carbocycles. The molecule has 0 unspecified atom stereocenters. The Hall–Kier alpha value is -1.02. The third kappa shape index (κ3) is 21.3. The number of carbonyl (C=O) groups is 4. The zero-order valence-corrected chi connectivity index (χ0v) is 22.0. The third-order valence-electron chi connectivity index (χ3n) is 4.39. The molecule has 0 saturated heterocycles. The standard InChI is InChI=1S/2C10H19NO5.Ca/c2*1-10(2,9(15)16)6-7(12)11-5-3-4-8(13)14;/h2*9,15-16H,3-6H2,1-2H3,(H,11,12)(H,13,14);/q;;+2/p-2. The molecule has 0 fully saturated rings. The molecule has 2 amide bonds. The van der Waals surface area contributed by atoms with Crippen molar-refractivity contribution < 1.29 is 49.8 Å². The van der Waals surface area contributed by atoms with Crippen LogP contribution in [0.1, 0.15) is 66.2 Å². The molecule has 0 aromatic rings. The van der Waals surface area contributed by atoms with Crippen LogP contribution in [0.4, 0.5) is 0 Å². The fourth-order valence-corrected chi connectivity index (χ4v) is 2.06. The molecular weight excluding hydrogens is 468 g/mol. The summed E-state index contributed by atoms with van der Waals surface area (Å²) in [5, 5.41) is 61.0. The molecule has 0 radical (unpaired) electrons. The molecular formula is C20H36CaN2O10. The Morgan fingerprint density at radius 1 is 0.697 bits per heavy atom. The number of hydrogen-bond acceptors (Lipinski definition) is 10. The summed E-state index contributed by atoms with van der Waals surface area (Å²) >= 11 is 0. The van der Waals surface area contributed by atoms with Gasteiger partial charge in [-0.15, -0.1) is 0 Å². The van der Waals surface area contributed by atoms with E-state index >= 15 is 0 Å².